The SMILES string of the molecule is CC.COc1ccc2c(c1)CCC=C2C. The lowest BCUT2D eigenvalue weighted by Gasteiger charge is -2.15. The summed E-state index contributed by atoms with van der Waals surface area (Å²) in [5.41, 5.74) is 4.19. The number of ether oxygens (including phenoxy) is 1. The van der Waals surface area contributed by atoms with E-state index in [1.165, 1.54) is 16.7 Å². The van der Waals surface area contributed by atoms with E-state index in [0.717, 1.165) is 18.6 Å². The fraction of sp³-hybridized carbons (Fsp3) is 0.429. The van der Waals surface area contributed by atoms with Crippen LogP contribution in [-0.4, -0.2) is 7.11 Å². The summed E-state index contributed by atoms with van der Waals surface area (Å²) < 4.78 is 5.20. The van der Waals surface area contributed by atoms with Gasteiger partial charge >= 0.3 is 0 Å². The molecule has 1 heteroatoms. The van der Waals surface area contributed by atoms with Gasteiger partial charge in [-0.1, -0.05) is 26.0 Å². The third-order valence-electron chi connectivity index (χ3n) is 2.60. The minimum atomic E-state index is 0.966. The van der Waals surface area contributed by atoms with E-state index < -0.39 is 0 Å². The van der Waals surface area contributed by atoms with E-state index in [1.807, 2.05) is 19.9 Å². The first-order valence-electron chi connectivity index (χ1n) is 5.65. The van der Waals surface area contributed by atoms with Crippen LogP contribution in [0.4, 0.5) is 0 Å². The van der Waals surface area contributed by atoms with Gasteiger partial charge in [-0.2, -0.15) is 0 Å². The van der Waals surface area contributed by atoms with Gasteiger partial charge in [0.1, 0.15) is 5.75 Å². The second kappa shape index (κ2) is 5.59. The van der Waals surface area contributed by atoms with E-state index >= 15 is 0 Å². The Labute approximate surface area is 92.8 Å². The first kappa shape index (κ1) is 11.8. The van der Waals surface area contributed by atoms with Gasteiger partial charge in [0.25, 0.3) is 0 Å². The van der Waals surface area contributed by atoms with Gasteiger partial charge in [-0.15, -0.1) is 0 Å². The number of allylic oxidation sites excluding steroid dienone is 2. The van der Waals surface area contributed by atoms with Crippen LogP contribution in [0.5, 0.6) is 5.75 Å². The topological polar surface area (TPSA) is 9.23 Å². The Morgan fingerprint density at radius 3 is 2.60 bits per heavy atom. The van der Waals surface area contributed by atoms with E-state index in [1.54, 1.807) is 7.11 Å². The molecule has 1 aromatic carbocycles. The number of aryl methyl sites for hydroxylation is 1. The van der Waals surface area contributed by atoms with Crippen LogP contribution >= 0.6 is 0 Å². The molecule has 0 atom stereocenters. The van der Waals surface area contributed by atoms with E-state index in [9.17, 15) is 0 Å². The molecule has 2 rings (SSSR count). The van der Waals surface area contributed by atoms with Crippen molar-refractivity contribution in [3.63, 3.8) is 0 Å². The fourth-order valence-electron chi connectivity index (χ4n) is 1.84. The highest BCUT2D eigenvalue weighted by Crippen LogP contribution is 2.28. The molecule has 0 unspecified atom stereocenters. The average Bonchev–Trinajstić information content (AvgIpc) is 2.31. The van der Waals surface area contributed by atoms with Crippen molar-refractivity contribution in [2.24, 2.45) is 0 Å². The van der Waals surface area contributed by atoms with Gasteiger partial charge in [-0.25, -0.2) is 0 Å². The molecule has 0 N–H and O–H groups in total. The molecule has 82 valence electrons. The van der Waals surface area contributed by atoms with Crippen molar-refractivity contribution in [3.05, 3.63) is 35.4 Å². The summed E-state index contributed by atoms with van der Waals surface area (Å²) in [7, 11) is 1.72. The molecule has 0 radical (unpaired) electrons. The van der Waals surface area contributed by atoms with Crippen molar-refractivity contribution < 1.29 is 4.74 Å². The Bertz CT molecular complexity index is 350. The summed E-state index contributed by atoms with van der Waals surface area (Å²) in [5.74, 6) is 0.966. The monoisotopic (exact) mass is 204 g/mol. The molecule has 0 spiro atoms. The smallest absolute Gasteiger partial charge is 0.119 e. The van der Waals surface area contributed by atoms with E-state index in [2.05, 4.69) is 25.1 Å². The fourth-order valence-corrected chi connectivity index (χ4v) is 1.84. The van der Waals surface area contributed by atoms with Gasteiger partial charge in [0.05, 0.1) is 7.11 Å². The lowest BCUT2D eigenvalue weighted by atomic mass is 9.92. The zero-order chi connectivity index (χ0) is 11.3. The molecule has 1 aromatic rings. The highest BCUT2D eigenvalue weighted by Gasteiger charge is 2.09. The van der Waals surface area contributed by atoms with Gasteiger partial charge in [0.2, 0.25) is 0 Å². The quantitative estimate of drug-likeness (QED) is 0.670. The summed E-state index contributed by atoms with van der Waals surface area (Å²) in [5, 5.41) is 0. The minimum absolute atomic E-state index is 0.966. The zero-order valence-corrected chi connectivity index (χ0v) is 10.1. The predicted octanol–water partition coefficient (Wildman–Crippen LogP) is 4.07. The Morgan fingerprint density at radius 2 is 1.93 bits per heavy atom. The second-order valence-corrected chi connectivity index (χ2v) is 3.45. The van der Waals surface area contributed by atoms with Crippen molar-refractivity contribution in [2.75, 3.05) is 7.11 Å². The molecule has 0 heterocycles. The summed E-state index contributed by atoms with van der Waals surface area (Å²) in [6.45, 7) is 6.17. The van der Waals surface area contributed by atoms with Gasteiger partial charge in [0, 0.05) is 0 Å². The van der Waals surface area contributed by atoms with Gasteiger partial charge in [-0.05, 0) is 48.6 Å². The number of hydrogen-bond acceptors (Lipinski definition) is 1. The number of benzene rings is 1. The maximum Gasteiger partial charge on any atom is 0.119 e. The molecule has 0 saturated carbocycles. The molecule has 0 aliphatic heterocycles. The molecule has 15 heavy (non-hydrogen) atoms. The molecule has 0 bridgehead atoms. The average molecular weight is 204 g/mol. The van der Waals surface area contributed by atoms with Crippen LogP contribution < -0.4 is 4.74 Å². The normalized spacial score (nSPS) is 13.2. The summed E-state index contributed by atoms with van der Waals surface area (Å²) in [6, 6.07) is 6.33. The molecule has 0 aromatic heterocycles. The Hall–Kier alpha value is -1.24. The predicted molar refractivity (Wildman–Crippen MR) is 66.3 cm³/mol. The highest BCUT2D eigenvalue weighted by molar-refractivity contribution is 5.69. The molecule has 1 aliphatic carbocycles. The molecule has 0 fully saturated rings. The Balaban J connectivity index is 0.000000531. The third kappa shape index (κ3) is 2.62. The maximum atomic E-state index is 5.20. The van der Waals surface area contributed by atoms with Crippen molar-refractivity contribution >= 4 is 5.57 Å². The van der Waals surface area contributed by atoms with Crippen LogP contribution in [0.2, 0.25) is 0 Å². The van der Waals surface area contributed by atoms with E-state index in [-0.39, 0.29) is 0 Å². The Morgan fingerprint density at radius 1 is 1.20 bits per heavy atom. The second-order valence-electron chi connectivity index (χ2n) is 3.45. The summed E-state index contributed by atoms with van der Waals surface area (Å²) in [6.07, 6.45) is 4.60. The largest absolute Gasteiger partial charge is 0.497 e. The third-order valence-corrected chi connectivity index (χ3v) is 2.60. The highest BCUT2D eigenvalue weighted by atomic mass is 16.5. The van der Waals surface area contributed by atoms with E-state index in [4.69, 9.17) is 4.74 Å². The first-order valence-corrected chi connectivity index (χ1v) is 5.65. The lowest BCUT2D eigenvalue weighted by Crippen LogP contribution is -1.98. The number of fused-ring (bicyclic) bond motifs is 1. The standard InChI is InChI=1S/C12H14O.C2H6/c1-9-4-3-5-10-8-11(13-2)6-7-12(9)10;1-2/h4,6-8H,3,5H2,1-2H3;1-2H3. The molecule has 0 saturated heterocycles. The lowest BCUT2D eigenvalue weighted by molar-refractivity contribution is 0.414. The van der Waals surface area contributed by atoms with Crippen molar-refractivity contribution in [3.8, 4) is 5.75 Å². The van der Waals surface area contributed by atoms with E-state index in [0.29, 0.717) is 0 Å². The molecule has 1 aliphatic rings. The van der Waals surface area contributed by atoms with Gasteiger partial charge in [0.15, 0.2) is 0 Å². The van der Waals surface area contributed by atoms with Crippen LogP contribution in [-0.2, 0) is 6.42 Å². The zero-order valence-electron chi connectivity index (χ0n) is 10.1. The van der Waals surface area contributed by atoms with Crippen LogP contribution in [0.3, 0.4) is 0 Å². The molecular formula is C14H20O. The molecule has 0 amide bonds. The van der Waals surface area contributed by atoms with Crippen LogP contribution in [0, 0.1) is 0 Å². The number of hydrogen-bond donors (Lipinski definition) is 0. The van der Waals surface area contributed by atoms with Gasteiger partial charge in [-0.3, -0.25) is 0 Å². The van der Waals surface area contributed by atoms with Crippen LogP contribution in [0.1, 0.15) is 38.3 Å². The summed E-state index contributed by atoms with van der Waals surface area (Å²) in [4.78, 5) is 0. The van der Waals surface area contributed by atoms with Gasteiger partial charge < -0.3 is 4.74 Å². The molecular weight excluding hydrogens is 184 g/mol. The molecule has 1 nitrogen and oxygen atoms in total. The first-order chi connectivity index (χ1) is 7.31. The maximum absolute atomic E-state index is 5.20. The number of methoxy groups -OCH3 is 1. The van der Waals surface area contributed by atoms with Crippen molar-refractivity contribution in [1.82, 2.24) is 0 Å². The number of rotatable bonds is 1. The van der Waals surface area contributed by atoms with Crippen LogP contribution in [0.15, 0.2) is 24.3 Å². The van der Waals surface area contributed by atoms with Crippen LogP contribution in [0.25, 0.3) is 5.57 Å². The van der Waals surface area contributed by atoms with Crippen molar-refractivity contribution in [1.29, 1.82) is 0 Å². The van der Waals surface area contributed by atoms with Crippen molar-refractivity contribution in [2.45, 2.75) is 33.6 Å². The summed E-state index contributed by atoms with van der Waals surface area (Å²) >= 11 is 0. The minimum Gasteiger partial charge on any atom is -0.497 e. The Kier molecular flexibility index (Phi) is 4.41.